The second kappa shape index (κ2) is 10.6. The van der Waals surface area contributed by atoms with Crippen LogP contribution in [-0.4, -0.2) is 61.8 Å². The molecule has 0 aliphatic carbocycles. The van der Waals surface area contributed by atoms with Crippen LogP contribution in [0, 0.1) is 11.3 Å². The summed E-state index contributed by atoms with van der Waals surface area (Å²) in [5.41, 5.74) is 1.22. The first-order chi connectivity index (χ1) is 16.2. The Morgan fingerprint density at radius 2 is 2.03 bits per heavy atom. The number of hydrogen-bond donors (Lipinski definition) is 3. The van der Waals surface area contributed by atoms with E-state index in [1.54, 1.807) is 41.5 Å². The van der Waals surface area contributed by atoms with Crippen LogP contribution in [0.1, 0.15) is 22.7 Å². The third kappa shape index (κ3) is 6.62. The van der Waals surface area contributed by atoms with Crippen LogP contribution < -0.4 is 10.6 Å². The predicted octanol–water partition coefficient (Wildman–Crippen LogP) is 1.60. The molecule has 2 atom stereocenters. The van der Waals surface area contributed by atoms with Gasteiger partial charge in [0.05, 0.1) is 36.8 Å². The maximum atomic E-state index is 12.4. The molecule has 1 aliphatic rings. The number of aromatic nitrogens is 4. The molecule has 14 heteroatoms. The first-order valence-corrected chi connectivity index (χ1v) is 9.80. The molecule has 3 N–H and O–H groups in total. The molecule has 1 amide bonds. The molecule has 0 spiro atoms. The number of oxazole rings is 1. The van der Waals surface area contributed by atoms with Crippen molar-refractivity contribution in [2.75, 3.05) is 6.54 Å². The van der Waals surface area contributed by atoms with Crippen molar-refractivity contribution in [1.82, 2.24) is 30.6 Å². The van der Waals surface area contributed by atoms with Gasteiger partial charge in [0.15, 0.2) is 5.76 Å². The molecule has 0 unspecified atom stereocenters. The van der Waals surface area contributed by atoms with Crippen LogP contribution in [0.4, 0.5) is 13.2 Å². The fourth-order valence-electron chi connectivity index (χ4n) is 3.10. The molecule has 3 heterocycles. The monoisotopic (exact) mass is 477 g/mol. The lowest BCUT2D eigenvalue weighted by Crippen LogP contribution is -2.36. The topological polar surface area (TPSA) is 159 Å². The van der Waals surface area contributed by atoms with Gasteiger partial charge in [0.1, 0.15) is 0 Å². The highest BCUT2D eigenvalue weighted by molar-refractivity contribution is 5.90. The quantitative estimate of drug-likeness (QED) is 0.496. The maximum Gasteiger partial charge on any atom is 0.490 e. The smallest absolute Gasteiger partial charge is 0.475 e. The summed E-state index contributed by atoms with van der Waals surface area (Å²) in [6.45, 7) is 1.31. The number of benzene rings is 1. The van der Waals surface area contributed by atoms with Crippen molar-refractivity contribution < 1.29 is 32.3 Å². The van der Waals surface area contributed by atoms with Gasteiger partial charge in [-0.2, -0.15) is 33.4 Å². The summed E-state index contributed by atoms with van der Waals surface area (Å²) in [5.74, 6) is -2.66. The summed E-state index contributed by atoms with van der Waals surface area (Å²) >= 11 is 0. The molecular formula is C20H18F3N7O4. The number of carbonyl (C=O) groups excluding carboxylic acids is 1. The Morgan fingerprint density at radius 1 is 1.32 bits per heavy atom. The van der Waals surface area contributed by atoms with E-state index < -0.39 is 12.1 Å². The number of aliphatic carboxylic acids is 1. The molecule has 1 aliphatic heterocycles. The van der Waals surface area contributed by atoms with Crippen LogP contribution in [0.2, 0.25) is 0 Å². The second-order valence-corrected chi connectivity index (χ2v) is 7.12. The third-order valence-electron chi connectivity index (χ3n) is 4.63. The maximum absolute atomic E-state index is 12.4. The normalized spacial score (nSPS) is 17.4. The predicted molar refractivity (Wildman–Crippen MR) is 108 cm³/mol. The summed E-state index contributed by atoms with van der Waals surface area (Å²) < 4.78 is 37.3. The third-order valence-corrected chi connectivity index (χ3v) is 4.63. The Hall–Kier alpha value is -4.25. The highest BCUT2D eigenvalue weighted by Crippen LogP contribution is 2.21. The van der Waals surface area contributed by atoms with Crippen LogP contribution in [0.5, 0.6) is 0 Å². The minimum absolute atomic E-state index is 0.00422. The van der Waals surface area contributed by atoms with E-state index in [-0.39, 0.29) is 23.9 Å². The Bertz CT molecular complexity index is 1170. The molecule has 0 saturated carbocycles. The molecule has 3 aromatic rings. The van der Waals surface area contributed by atoms with Crippen LogP contribution in [0.25, 0.3) is 11.3 Å². The van der Waals surface area contributed by atoms with Crippen molar-refractivity contribution in [3.63, 3.8) is 0 Å². The number of alkyl halides is 3. The second-order valence-electron chi connectivity index (χ2n) is 7.12. The van der Waals surface area contributed by atoms with Gasteiger partial charge in [-0.1, -0.05) is 12.1 Å². The van der Waals surface area contributed by atoms with Gasteiger partial charge in [-0.3, -0.25) is 4.79 Å². The van der Waals surface area contributed by atoms with Gasteiger partial charge in [-0.15, -0.1) is 0 Å². The van der Waals surface area contributed by atoms with E-state index in [0.717, 1.165) is 6.42 Å². The van der Waals surface area contributed by atoms with Gasteiger partial charge in [0, 0.05) is 24.2 Å². The zero-order chi connectivity index (χ0) is 24.7. The van der Waals surface area contributed by atoms with Crippen molar-refractivity contribution in [1.29, 1.82) is 5.26 Å². The van der Waals surface area contributed by atoms with Crippen LogP contribution in [0.3, 0.4) is 0 Å². The molecule has 1 aromatic carbocycles. The van der Waals surface area contributed by atoms with Crippen LogP contribution >= 0.6 is 0 Å². The number of halogens is 3. The Labute approximate surface area is 190 Å². The summed E-state index contributed by atoms with van der Waals surface area (Å²) in [6.07, 6.45) is 0.455. The average molecular weight is 477 g/mol. The molecule has 34 heavy (non-hydrogen) atoms. The summed E-state index contributed by atoms with van der Waals surface area (Å²) in [4.78, 5) is 27.0. The van der Waals surface area contributed by atoms with Gasteiger partial charge < -0.3 is 20.2 Å². The van der Waals surface area contributed by atoms with Gasteiger partial charge >= 0.3 is 18.1 Å². The molecule has 0 bridgehead atoms. The minimum atomic E-state index is -5.08. The van der Waals surface area contributed by atoms with Crippen molar-refractivity contribution in [2.45, 2.75) is 31.2 Å². The molecule has 11 nitrogen and oxygen atoms in total. The fraction of sp³-hybridized carbons (Fsp3) is 0.300. The van der Waals surface area contributed by atoms with E-state index in [1.165, 1.54) is 6.20 Å². The molecular weight excluding hydrogens is 459 g/mol. The SMILES string of the molecule is N#Cc1cccc(-c2cnc(C(=O)N[C@H]3CN[C@H](Cn4nccn4)C3)o2)c1.O=C(O)C(F)(F)F. The van der Waals surface area contributed by atoms with Crippen molar-refractivity contribution in [3.05, 3.63) is 54.3 Å². The zero-order valence-corrected chi connectivity index (χ0v) is 17.4. The largest absolute Gasteiger partial charge is 0.490 e. The highest BCUT2D eigenvalue weighted by atomic mass is 19.4. The Morgan fingerprint density at radius 3 is 2.68 bits per heavy atom. The summed E-state index contributed by atoms with van der Waals surface area (Å²) in [5, 5.41) is 30.6. The number of carbonyl (C=O) groups is 2. The molecule has 4 rings (SSSR count). The van der Waals surface area contributed by atoms with E-state index in [9.17, 15) is 18.0 Å². The van der Waals surface area contributed by atoms with Crippen molar-refractivity contribution >= 4 is 11.9 Å². The van der Waals surface area contributed by atoms with Crippen molar-refractivity contribution in [2.24, 2.45) is 0 Å². The van der Waals surface area contributed by atoms with Crippen LogP contribution in [-0.2, 0) is 11.3 Å². The number of nitriles is 1. The Kier molecular flexibility index (Phi) is 7.59. The Balaban J connectivity index is 0.000000406. The average Bonchev–Trinajstić information content (AvgIpc) is 3.56. The van der Waals surface area contributed by atoms with E-state index >= 15 is 0 Å². The molecule has 1 fully saturated rings. The number of carboxylic acids is 1. The van der Waals surface area contributed by atoms with E-state index in [2.05, 4.69) is 31.9 Å². The van der Waals surface area contributed by atoms with Gasteiger partial charge in [0.25, 0.3) is 5.89 Å². The molecule has 1 saturated heterocycles. The van der Waals surface area contributed by atoms with Gasteiger partial charge in [0.2, 0.25) is 0 Å². The number of nitrogens with one attached hydrogen (secondary N) is 2. The lowest BCUT2D eigenvalue weighted by atomic mass is 10.1. The lowest BCUT2D eigenvalue weighted by molar-refractivity contribution is -0.192. The highest BCUT2D eigenvalue weighted by Gasteiger charge is 2.38. The molecule has 0 radical (unpaired) electrons. The van der Waals surface area contributed by atoms with Crippen LogP contribution in [0.15, 0.2) is 47.3 Å². The first-order valence-electron chi connectivity index (χ1n) is 9.80. The number of rotatable bonds is 5. The van der Waals surface area contributed by atoms with E-state index in [4.69, 9.17) is 19.6 Å². The molecule has 2 aromatic heterocycles. The standard InChI is InChI=1S/C18H17N7O2.C2HF3O2/c19-8-12-2-1-3-13(6-12)16-10-21-18(27-16)17(26)24-14-7-15(20-9-14)11-25-22-4-5-23-25;3-2(4,5)1(6)7/h1-6,10,14-15,20H,7,9,11H2,(H,24,26);(H,6,7)/t14-,15+;/m1./s1. The lowest BCUT2D eigenvalue weighted by Gasteiger charge is -2.10. The number of carboxylic acid groups (broad SMARTS) is 1. The van der Waals surface area contributed by atoms with Gasteiger partial charge in [-0.05, 0) is 18.6 Å². The molecule has 178 valence electrons. The summed E-state index contributed by atoms with van der Waals surface area (Å²) in [6, 6.07) is 9.21. The van der Waals surface area contributed by atoms with Gasteiger partial charge in [-0.25, -0.2) is 9.78 Å². The number of hydrogen-bond acceptors (Lipinski definition) is 8. The summed E-state index contributed by atoms with van der Waals surface area (Å²) in [7, 11) is 0. The zero-order valence-electron chi connectivity index (χ0n) is 17.4. The minimum Gasteiger partial charge on any atom is -0.475 e. The first kappa shape index (κ1) is 24.4. The van der Waals surface area contributed by atoms with Crippen molar-refractivity contribution in [3.8, 4) is 17.4 Å². The number of nitrogens with zero attached hydrogens (tertiary/aromatic N) is 5. The number of amides is 1. The van der Waals surface area contributed by atoms with E-state index in [0.29, 0.717) is 30.0 Å². The fourth-order valence-corrected chi connectivity index (χ4v) is 3.10. The van der Waals surface area contributed by atoms with E-state index in [1.807, 2.05) is 0 Å².